The van der Waals surface area contributed by atoms with Crippen LogP contribution in [0.3, 0.4) is 0 Å². The van der Waals surface area contributed by atoms with Crippen molar-refractivity contribution in [3.8, 4) is 0 Å². The molecule has 2 aliphatic heterocycles. The number of anilines is 1. The summed E-state index contributed by atoms with van der Waals surface area (Å²) in [6.07, 6.45) is 11.6. The molecule has 2 heterocycles. The number of halogens is 1. The summed E-state index contributed by atoms with van der Waals surface area (Å²) in [5.74, 6) is 0. The predicted molar refractivity (Wildman–Crippen MR) is 113 cm³/mol. The minimum Gasteiger partial charge on any atom is -0.371 e. The second-order valence-corrected chi connectivity index (χ2v) is 7.98. The lowest BCUT2D eigenvalue weighted by Crippen LogP contribution is -2.51. The van der Waals surface area contributed by atoms with E-state index < -0.39 is 0 Å². The topological polar surface area (TPSA) is 30.9 Å². The minimum atomic E-state index is -0.352. The van der Waals surface area contributed by atoms with Gasteiger partial charge < -0.3 is 15.1 Å². The summed E-state index contributed by atoms with van der Waals surface area (Å²) >= 11 is 6.77. The monoisotopic (exact) mass is 378 g/mol. The van der Waals surface area contributed by atoms with Crippen molar-refractivity contribution >= 4 is 28.7 Å². The number of likely N-dealkylation sites (N-methyl/N-ethyl adjacent to an activating group) is 1. The van der Waals surface area contributed by atoms with Crippen LogP contribution in [0, 0.1) is 5.41 Å². The van der Waals surface area contributed by atoms with Crippen LogP contribution in [0.4, 0.5) is 11.4 Å². The van der Waals surface area contributed by atoms with E-state index in [1.807, 2.05) is 18.2 Å². The van der Waals surface area contributed by atoms with E-state index in [2.05, 4.69) is 58.6 Å². The van der Waals surface area contributed by atoms with Crippen molar-refractivity contribution in [2.45, 2.75) is 6.42 Å². The zero-order valence-electron chi connectivity index (χ0n) is 15.5. The molecular weight excluding hydrogens is 356 g/mol. The van der Waals surface area contributed by atoms with E-state index in [9.17, 15) is 0 Å². The van der Waals surface area contributed by atoms with E-state index in [-0.39, 0.29) is 5.41 Å². The molecule has 4 nitrogen and oxygen atoms in total. The second-order valence-electron chi connectivity index (χ2n) is 7.58. The number of hydrogen-bond donors (Lipinski definition) is 1. The van der Waals surface area contributed by atoms with Crippen LogP contribution in [0.25, 0.3) is 0 Å². The first kappa shape index (κ1) is 16.8. The fourth-order valence-corrected chi connectivity index (χ4v) is 4.80. The molecule has 0 radical (unpaired) electrons. The third-order valence-electron chi connectivity index (χ3n) is 5.99. The minimum absolute atomic E-state index is 0.352. The van der Waals surface area contributed by atoms with Gasteiger partial charge in [-0.25, -0.2) is 4.99 Å². The number of para-hydroxylation sites is 2. The molecular formula is C22H23ClN4. The number of hydrogen-bond acceptors (Lipinski definition) is 4. The maximum atomic E-state index is 6.77. The first-order valence-corrected chi connectivity index (χ1v) is 9.91. The highest BCUT2D eigenvalue weighted by molar-refractivity contribution is 6.32. The van der Waals surface area contributed by atoms with Crippen LogP contribution in [0.2, 0.25) is 0 Å². The molecule has 1 unspecified atom stereocenters. The Hall–Kier alpha value is -2.30. The van der Waals surface area contributed by atoms with Crippen LogP contribution in [0.1, 0.15) is 6.42 Å². The molecule has 0 aromatic heterocycles. The third-order valence-corrected chi connectivity index (χ3v) is 6.30. The van der Waals surface area contributed by atoms with Gasteiger partial charge in [0, 0.05) is 31.9 Å². The van der Waals surface area contributed by atoms with Gasteiger partial charge in [-0.1, -0.05) is 35.9 Å². The van der Waals surface area contributed by atoms with Gasteiger partial charge in [-0.15, -0.1) is 0 Å². The Morgan fingerprint density at radius 1 is 1.11 bits per heavy atom. The van der Waals surface area contributed by atoms with E-state index >= 15 is 0 Å². The number of rotatable bonds is 1. The molecule has 2 aliphatic carbocycles. The SMILES string of the molecule is CN1CCN(C2=CC=CC3=Nc4ccccc4NC4=C(Cl)C=CCC234)CC1. The standard InChI is InChI=1S/C22H23ClN4/c1-26-12-14-27(15-13-26)20-10-4-9-19-22(20)11-5-6-16(23)21(22)25-18-8-3-2-7-17(18)24-19/h2-10,25H,11-15H2,1H3. The summed E-state index contributed by atoms with van der Waals surface area (Å²) in [5.41, 5.74) is 5.03. The molecule has 1 N–H and O–H groups in total. The highest BCUT2D eigenvalue weighted by Crippen LogP contribution is 2.52. The Kier molecular flexibility index (Phi) is 3.99. The Bertz CT molecular complexity index is 931. The number of fused-ring (bicyclic) bond motifs is 1. The van der Waals surface area contributed by atoms with Gasteiger partial charge in [0.15, 0.2) is 0 Å². The maximum absolute atomic E-state index is 6.77. The molecule has 1 spiro atoms. The quantitative estimate of drug-likeness (QED) is 0.791. The molecule has 1 aromatic carbocycles. The lowest BCUT2D eigenvalue weighted by Gasteiger charge is -2.47. The van der Waals surface area contributed by atoms with Gasteiger partial charge in [-0.2, -0.15) is 0 Å². The van der Waals surface area contributed by atoms with E-state index in [0.717, 1.165) is 60.4 Å². The molecule has 5 heteroatoms. The van der Waals surface area contributed by atoms with Gasteiger partial charge in [0.05, 0.1) is 33.2 Å². The molecule has 0 bridgehead atoms. The number of aliphatic imine (C=N–C) groups is 1. The van der Waals surface area contributed by atoms with Crippen LogP contribution < -0.4 is 5.32 Å². The van der Waals surface area contributed by atoms with E-state index in [1.54, 1.807) is 0 Å². The van der Waals surface area contributed by atoms with Crippen LogP contribution in [-0.4, -0.2) is 48.7 Å². The highest BCUT2D eigenvalue weighted by atomic mass is 35.5. The molecule has 0 saturated carbocycles. The van der Waals surface area contributed by atoms with Gasteiger partial charge in [0.2, 0.25) is 0 Å². The first-order valence-electron chi connectivity index (χ1n) is 9.53. The fourth-order valence-electron chi connectivity index (χ4n) is 4.50. The molecule has 1 aromatic rings. The van der Waals surface area contributed by atoms with Crippen LogP contribution in [-0.2, 0) is 0 Å². The normalized spacial score (nSPS) is 27.1. The molecule has 27 heavy (non-hydrogen) atoms. The molecule has 0 amide bonds. The highest BCUT2D eigenvalue weighted by Gasteiger charge is 2.48. The Labute approximate surface area is 165 Å². The van der Waals surface area contributed by atoms with Gasteiger partial charge in [0.1, 0.15) is 0 Å². The van der Waals surface area contributed by atoms with Gasteiger partial charge in [-0.3, -0.25) is 0 Å². The zero-order valence-corrected chi connectivity index (χ0v) is 16.2. The number of allylic oxidation sites excluding steroid dienone is 6. The molecule has 1 saturated heterocycles. The molecule has 1 fully saturated rings. The second kappa shape index (κ2) is 6.39. The van der Waals surface area contributed by atoms with E-state index in [4.69, 9.17) is 16.6 Å². The van der Waals surface area contributed by atoms with Crippen molar-refractivity contribution in [1.82, 2.24) is 9.80 Å². The number of nitrogens with one attached hydrogen (secondary N) is 1. The molecule has 1 atom stereocenters. The molecule has 138 valence electrons. The van der Waals surface area contributed by atoms with Crippen molar-refractivity contribution in [3.63, 3.8) is 0 Å². The Morgan fingerprint density at radius 2 is 1.93 bits per heavy atom. The summed E-state index contributed by atoms with van der Waals surface area (Å²) < 4.78 is 0. The largest absolute Gasteiger partial charge is 0.371 e. The summed E-state index contributed by atoms with van der Waals surface area (Å²) in [6.45, 7) is 4.18. The maximum Gasteiger partial charge on any atom is 0.0971 e. The van der Waals surface area contributed by atoms with Crippen molar-refractivity contribution in [1.29, 1.82) is 0 Å². The van der Waals surface area contributed by atoms with Gasteiger partial charge in [-0.05, 0) is 43.8 Å². The lowest BCUT2D eigenvalue weighted by atomic mass is 9.69. The van der Waals surface area contributed by atoms with Crippen molar-refractivity contribution < 1.29 is 0 Å². The number of nitrogens with zero attached hydrogens (tertiary/aromatic N) is 3. The van der Waals surface area contributed by atoms with Gasteiger partial charge in [0.25, 0.3) is 0 Å². The average Bonchev–Trinajstić information content (AvgIpc) is 2.83. The number of benzene rings is 1. The molecule has 4 aliphatic rings. The first-order chi connectivity index (χ1) is 13.2. The summed E-state index contributed by atoms with van der Waals surface area (Å²) in [4.78, 5) is 9.99. The van der Waals surface area contributed by atoms with E-state index in [1.165, 1.54) is 5.70 Å². The van der Waals surface area contributed by atoms with Crippen molar-refractivity contribution in [2.75, 3.05) is 38.5 Å². The van der Waals surface area contributed by atoms with Gasteiger partial charge >= 0.3 is 0 Å². The summed E-state index contributed by atoms with van der Waals surface area (Å²) in [5, 5.41) is 4.41. The van der Waals surface area contributed by atoms with Crippen molar-refractivity contribution in [3.05, 3.63) is 71.1 Å². The Balaban J connectivity index is 1.69. The number of piperazine rings is 1. The zero-order chi connectivity index (χ0) is 18.4. The van der Waals surface area contributed by atoms with Crippen LogP contribution >= 0.6 is 11.6 Å². The fraction of sp³-hybridized carbons (Fsp3) is 0.318. The predicted octanol–water partition coefficient (Wildman–Crippen LogP) is 4.28. The van der Waals surface area contributed by atoms with Crippen molar-refractivity contribution in [2.24, 2.45) is 10.4 Å². The smallest absolute Gasteiger partial charge is 0.0971 e. The molecule has 5 rings (SSSR count). The summed E-state index contributed by atoms with van der Waals surface area (Å²) in [7, 11) is 2.19. The third kappa shape index (κ3) is 2.59. The van der Waals surface area contributed by atoms with E-state index in [0.29, 0.717) is 0 Å². The van der Waals surface area contributed by atoms with Crippen LogP contribution in [0.5, 0.6) is 0 Å². The average molecular weight is 379 g/mol. The Morgan fingerprint density at radius 3 is 2.78 bits per heavy atom. The summed E-state index contributed by atoms with van der Waals surface area (Å²) in [6, 6.07) is 8.20. The lowest BCUT2D eigenvalue weighted by molar-refractivity contribution is 0.169. The van der Waals surface area contributed by atoms with Crippen LogP contribution in [0.15, 0.2) is 76.1 Å².